The van der Waals surface area contributed by atoms with Crippen LogP contribution in [-0.4, -0.2) is 23.0 Å². The van der Waals surface area contributed by atoms with Gasteiger partial charge in [-0.25, -0.2) is 4.98 Å². The minimum Gasteiger partial charge on any atom is -0.497 e. The molecule has 4 aromatic rings. The third-order valence-electron chi connectivity index (χ3n) is 4.94. The Balaban J connectivity index is 1.65. The van der Waals surface area contributed by atoms with Crippen molar-refractivity contribution in [2.75, 3.05) is 12.0 Å². The van der Waals surface area contributed by atoms with E-state index in [1.807, 2.05) is 48.5 Å². The van der Waals surface area contributed by atoms with Gasteiger partial charge in [0.1, 0.15) is 5.75 Å². The molecule has 0 radical (unpaired) electrons. The Hall–Kier alpha value is -3.25. The van der Waals surface area contributed by atoms with Gasteiger partial charge in [-0.2, -0.15) is 0 Å². The summed E-state index contributed by atoms with van der Waals surface area (Å²) in [5, 5.41) is 0.697. The van der Waals surface area contributed by atoms with E-state index in [0.717, 1.165) is 33.6 Å². The van der Waals surface area contributed by atoms with Crippen LogP contribution in [0, 0.1) is 0 Å². The topological polar surface area (TPSA) is 55.3 Å². The van der Waals surface area contributed by atoms with Gasteiger partial charge in [0.15, 0.2) is 5.13 Å². The maximum atomic E-state index is 13.3. The van der Waals surface area contributed by atoms with Crippen LogP contribution in [0.1, 0.15) is 23.7 Å². The van der Waals surface area contributed by atoms with Gasteiger partial charge >= 0.3 is 0 Å². The second-order valence-electron chi connectivity index (χ2n) is 6.98. The molecule has 4 rings (SSSR count). The molecule has 0 saturated carbocycles. The van der Waals surface area contributed by atoms with E-state index >= 15 is 0 Å². The molecule has 2 aromatic carbocycles. The summed E-state index contributed by atoms with van der Waals surface area (Å²) >= 11 is 1.55. The molecule has 0 atom stereocenters. The van der Waals surface area contributed by atoms with Crippen LogP contribution in [0.5, 0.6) is 5.75 Å². The van der Waals surface area contributed by atoms with E-state index < -0.39 is 0 Å². The Morgan fingerprint density at radius 2 is 1.87 bits per heavy atom. The molecular weight excluding hydrogens is 394 g/mol. The average Bonchev–Trinajstić information content (AvgIpc) is 3.21. The zero-order valence-electron chi connectivity index (χ0n) is 17.0. The summed E-state index contributed by atoms with van der Waals surface area (Å²) in [6, 6.07) is 19.6. The molecule has 152 valence electrons. The first-order valence-electron chi connectivity index (χ1n) is 9.89. The smallest absolute Gasteiger partial charge is 0.233 e. The lowest BCUT2D eigenvalue weighted by molar-refractivity contribution is -0.118. The van der Waals surface area contributed by atoms with E-state index in [1.165, 1.54) is 5.56 Å². The summed E-state index contributed by atoms with van der Waals surface area (Å²) < 4.78 is 6.30. The molecule has 0 unspecified atom stereocenters. The molecule has 2 aromatic heterocycles. The zero-order chi connectivity index (χ0) is 20.9. The lowest BCUT2D eigenvalue weighted by Crippen LogP contribution is -2.32. The molecule has 0 fully saturated rings. The molecule has 30 heavy (non-hydrogen) atoms. The van der Waals surface area contributed by atoms with E-state index in [9.17, 15) is 4.79 Å². The lowest BCUT2D eigenvalue weighted by Gasteiger charge is -2.19. The summed E-state index contributed by atoms with van der Waals surface area (Å²) in [4.78, 5) is 24.2. The van der Waals surface area contributed by atoms with Crippen LogP contribution in [0.2, 0.25) is 0 Å². The molecule has 0 aliphatic carbocycles. The number of aromatic nitrogens is 2. The number of hydrogen-bond donors (Lipinski definition) is 0. The maximum Gasteiger partial charge on any atom is 0.233 e. The third kappa shape index (κ3) is 4.49. The van der Waals surface area contributed by atoms with E-state index in [0.29, 0.717) is 11.7 Å². The van der Waals surface area contributed by atoms with Crippen LogP contribution in [0.15, 0.2) is 66.9 Å². The van der Waals surface area contributed by atoms with Crippen molar-refractivity contribution < 1.29 is 9.53 Å². The molecule has 5 nitrogen and oxygen atoms in total. The highest BCUT2D eigenvalue weighted by Gasteiger charge is 2.21. The highest BCUT2D eigenvalue weighted by atomic mass is 32.1. The van der Waals surface area contributed by atoms with Crippen molar-refractivity contribution in [2.24, 2.45) is 0 Å². The Morgan fingerprint density at radius 1 is 1.07 bits per heavy atom. The Labute approximate surface area is 180 Å². The number of hydrogen-bond acceptors (Lipinski definition) is 5. The molecule has 0 aliphatic rings. The van der Waals surface area contributed by atoms with E-state index in [4.69, 9.17) is 9.72 Å². The fourth-order valence-corrected chi connectivity index (χ4v) is 4.27. The van der Waals surface area contributed by atoms with Gasteiger partial charge in [-0.05, 0) is 53.9 Å². The predicted octanol–water partition coefficient (Wildman–Crippen LogP) is 5.04. The zero-order valence-corrected chi connectivity index (χ0v) is 17.9. The minimum absolute atomic E-state index is 0.0133. The average molecular weight is 418 g/mol. The molecule has 6 heteroatoms. The van der Waals surface area contributed by atoms with Crippen LogP contribution >= 0.6 is 11.3 Å². The normalized spacial score (nSPS) is 10.9. The number of rotatable bonds is 7. The van der Waals surface area contributed by atoms with Gasteiger partial charge < -0.3 is 4.74 Å². The van der Waals surface area contributed by atoms with Crippen LogP contribution in [-0.2, 0) is 24.2 Å². The Kier molecular flexibility index (Phi) is 6.05. The fourth-order valence-electron chi connectivity index (χ4n) is 3.22. The highest BCUT2D eigenvalue weighted by molar-refractivity contribution is 7.22. The minimum atomic E-state index is -0.0133. The van der Waals surface area contributed by atoms with Gasteiger partial charge in [-0.3, -0.25) is 14.7 Å². The summed E-state index contributed by atoms with van der Waals surface area (Å²) in [5.41, 5.74) is 3.93. The monoisotopic (exact) mass is 417 g/mol. The molecule has 0 saturated heterocycles. The predicted molar refractivity (Wildman–Crippen MR) is 121 cm³/mol. The van der Waals surface area contributed by atoms with Gasteiger partial charge in [-0.15, -0.1) is 0 Å². The van der Waals surface area contributed by atoms with Gasteiger partial charge in [0.05, 0.1) is 36.0 Å². The molecule has 0 N–H and O–H groups in total. The van der Waals surface area contributed by atoms with E-state index in [-0.39, 0.29) is 12.3 Å². The van der Waals surface area contributed by atoms with Crippen molar-refractivity contribution in [3.63, 3.8) is 0 Å². The highest BCUT2D eigenvalue weighted by Crippen LogP contribution is 2.31. The standard InChI is InChI=1S/C24H23N3O2S/c1-3-17-9-12-21-22(14-17)30-24(26-21)27(16-19-6-4-5-13-25-19)23(28)15-18-7-10-20(29-2)11-8-18/h4-14H,3,15-16H2,1-2H3. The number of carbonyl (C=O) groups is 1. The number of ether oxygens (including phenoxy) is 1. The first-order valence-corrected chi connectivity index (χ1v) is 10.7. The van der Waals surface area contributed by atoms with Crippen molar-refractivity contribution in [1.82, 2.24) is 9.97 Å². The first kappa shape index (κ1) is 20.0. The number of thiazole rings is 1. The Morgan fingerprint density at radius 3 is 2.57 bits per heavy atom. The second-order valence-corrected chi connectivity index (χ2v) is 7.99. The first-order chi connectivity index (χ1) is 14.7. The molecule has 0 bridgehead atoms. The Bertz CT molecular complexity index is 1140. The number of anilines is 1. The van der Waals surface area contributed by atoms with Crippen molar-refractivity contribution in [3.8, 4) is 5.75 Å². The van der Waals surface area contributed by atoms with Crippen molar-refractivity contribution >= 4 is 32.6 Å². The number of nitrogens with zero attached hydrogens (tertiary/aromatic N) is 3. The number of fused-ring (bicyclic) bond motifs is 1. The van der Waals surface area contributed by atoms with Gasteiger partial charge in [0, 0.05) is 6.20 Å². The molecule has 2 heterocycles. The second kappa shape index (κ2) is 9.05. The number of aryl methyl sites for hydroxylation is 1. The number of amides is 1. The largest absolute Gasteiger partial charge is 0.497 e. The molecule has 1 amide bonds. The lowest BCUT2D eigenvalue weighted by atomic mass is 10.1. The van der Waals surface area contributed by atoms with E-state index in [2.05, 4.69) is 24.0 Å². The third-order valence-corrected chi connectivity index (χ3v) is 5.98. The SMILES string of the molecule is CCc1ccc2nc(N(Cc3ccccn3)C(=O)Cc3ccc(OC)cc3)sc2c1. The van der Waals surface area contributed by atoms with Gasteiger partial charge in [0.2, 0.25) is 5.91 Å². The molecule has 0 spiro atoms. The summed E-state index contributed by atoms with van der Waals surface area (Å²) in [6.45, 7) is 2.52. The number of pyridine rings is 1. The molecule has 0 aliphatic heterocycles. The molecular formula is C24H23N3O2S. The van der Waals surface area contributed by atoms with Crippen molar-refractivity contribution in [2.45, 2.75) is 26.3 Å². The van der Waals surface area contributed by atoms with Crippen molar-refractivity contribution in [1.29, 1.82) is 0 Å². The van der Waals surface area contributed by atoms with Gasteiger partial charge in [-0.1, -0.05) is 42.5 Å². The quantitative estimate of drug-likeness (QED) is 0.423. The number of methoxy groups -OCH3 is 1. The summed E-state index contributed by atoms with van der Waals surface area (Å²) in [5.74, 6) is 0.759. The van der Waals surface area contributed by atoms with E-state index in [1.54, 1.807) is 29.5 Å². The number of carbonyl (C=O) groups excluding carboxylic acids is 1. The van der Waals surface area contributed by atoms with Crippen LogP contribution in [0.4, 0.5) is 5.13 Å². The fraction of sp³-hybridized carbons (Fsp3) is 0.208. The van der Waals surface area contributed by atoms with Gasteiger partial charge in [0.25, 0.3) is 0 Å². The van der Waals surface area contributed by atoms with Crippen LogP contribution in [0.3, 0.4) is 0 Å². The van der Waals surface area contributed by atoms with Crippen LogP contribution < -0.4 is 9.64 Å². The summed E-state index contributed by atoms with van der Waals surface area (Å²) in [7, 11) is 1.63. The van der Waals surface area contributed by atoms with Crippen LogP contribution in [0.25, 0.3) is 10.2 Å². The summed E-state index contributed by atoms with van der Waals surface area (Å²) in [6.07, 6.45) is 3.00. The maximum absolute atomic E-state index is 13.3. The van der Waals surface area contributed by atoms with Crippen molar-refractivity contribution in [3.05, 3.63) is 83.7 Å². The number of benzene rings is 2.